The highest BCUT2D eigenvalue weighted by atomic mass is 16.5. The lowest BCUT2D eigenvalue weighted by Gasteiger charge is -2.60. The molecule has 0 bridgehead atoms. The van der Waals surface area contributed by atoms with Crippen molar-refractivity contribution in [2.45, 2.75) is 64.1 Å². The molecule has 2 aromatic carbocycles. The third-order valence-corrected chi connectivity index (χ3v) is 8.96. The second-order valence-corrected chi connectivity index (χ2v) is 11.1. The Kier molecular flexibility index (Phi) is 7.38. The van der Waals surface area contributed by atoms with E-state index in [9.17, 15) is 0 Å². The lowest BCUT2D eigenvalue weighted by atomic mass is 9.58. The molecule has 1 spiro atoms. The molecule has 2 heterocycles. The highest BCUT2D eigenvalue weighted by Gasteiger charge is 2.51. The molecular formula is C30H43N3O2. The van der Waals surface area contributed by atoms with Crippen molar-refractivity contribution in [3.8, 4) is 11.5 Å². The van der Waals surface area contributed by atoms with Crippen LogP contribution in [0.5, 0.6) is 11.5 Å². The van der Waals surface area contributed by atoms with Gasteiger partial charge in [-0.2, -0.15) is 0 Å². The van der Waals surface area contributed by atoms with E-state index in [4.69, 9.17) is 9.47 Å². The monoisotopic (exact) mass is 477 g/mol. The van der Waals surface area contributed by atoms with E-state index in [1.165, 1.54) is 55.5 Å². The Morgan fingerprint density at radius 1 is 0.971 bits per heavy atom. The van der Waals surface area contributed by atoms with E-state index in [-0.39, 0.29) is 0 Å². The van der Waals surface area contributed by atoms with Crippen LogP contribution in [-0.2, 0) is 6.54 Å². The van der Waals surface area contributed by atoms with Crippen LogP contribution in [0.2, 0.25) is 0 Å². The number of benzene rings is 2. The maximum Gasteiger partial charge on any atom is 0.161 e. The molecule has 1 saturated carbocycles. The van der Waals surface area contributed by atoms with Gasteiger partial charge < -0.3 is 14.8 Å². The molecular weight excluding hydrogens is 434 g/mol. The van der Waals surface area contributed by atoms with Gasteiger partial charge in [0.05, 0.1) is 14.2 Å². The van der Waals surface area contributed by atoms with Crippen LogP contribution in [0.4, 0.5) is 0 Å². The average molecular weight is 478 g/mol. The third kappa shape index (κ3) is 4.83. The van der Waals surface area contributed by atoms with Gasteiger partial charge in [0.15, 0.2) is 11.5 Å². The van der Waals surface area contributed by atoms with Gasteiger partial charge in [-0.3, -0.25) is 9.80 Å². The van der Waals surface area contributed by atoms with Crippen molar-refractivity contribution in [2.24, 2.45) is 5.41 Å². The maximum atomic E-state index is 5.58. The minimum atomic E-state index is 0.444. The minimum absolute atomic E-state index is 0.444. The SMILES string of the molecule is COc1ccc(CN2CCN(C3CCC34CCNCC4)C(c3ccccc3C(C)C)C2)cc1OC. The molecule has 3 aliphatic rings. The molecule has 5 nitrogen and oxygen atoms in total. The normalized spacial score (nSPS) is 24.9. The lowest BCUT2D eigenvalue weighted by molar-refractivity contribution is -0.0905. The molecule has 0 aromatic heterocycles. The molecule has 190 valence electrons. The predicted octanol–water partition coefficient (Wildman–Crippen LogP) is 5.22. The van der Waals surface area contributed by atoms with Crippen LogP contribution in [0.25, 0.3) is 0 Å². The van der Waals surface area contributed by atoms with Gasteiger partial charge in [0.25, 0.3) is 0 Å². The Hall–Kier alpha value is -2.08. The third-order valence-electron chi connectivity index (χ3n) is 8.96. The number of hydrogen-bond acceptors (Lipinski definition) is 5. The van der Waals surface area contributed by atoms with Crippen LogP contribution >= 0.6 is 0 Å². The van der Waals surface area contributed by atoms with Gasteiger partial charge in [-0.05, 0) is 78.9 Å². The molecule has 1 N–H and O–H groups in total. The van der Waals surface area contributed by atoms with Crippen LogP contribution in [0, 0.1) is 5.41 Å². The Bertz CT molecular complexity index is 1000. The number of ether oxygens (including phenoxy) is 2. The summed E-state index contributed by atoms with van der Waals surface area (Å²) in [6.07, 6.45) is 5.43. The van der Waals surface area contributed by atoms with Gasteiger partial charge in [-0.15, -0.1) is 0 Å². The zero-order valence-electron chi connectivity index (χ0n) is 22.1. The van der Waals surface area contributed by atoms with Crippen molar-refractivity contribution in [3.63, 3.8) is 0 Å². The van der Waals surface area contributed by atoms with Crippen molar-refractivity contribution in [1.82, 2.24) is 15.1 Å². The average Bonchev–Trinajstić information content (AvgIpc) is 2.89. The van der Waals surface area contributed by atoms with Crippen LogP contribution in [0.1, 0.15) is 68.2 Å². The van der Waals surface area contributed by atoms with Gasteiger partial charge in [0, 0.05) is 38.3 Å². The van der Waals surface area contributed by atoms with Crippen molar-refractivity contribution < 1.29 is 9.47 Å². The smallest absolute Gasteiger partial charge is 0.161 e. The summed E-state index contributed by atoms with van der Waals surface area (Å²) < 4.78 is 11.0. The first kappa shape index (κ1) is 24.6. The van der Waals surface area contributed by atoms with Crippen molar-refractivity contribution in [3.05, 3.63) is 59.2 Å². The number of methoxy groups -OCH3 is 2. The second-order valence-electron chi connectivity index (χ2n) is 11.1. The van der Waals surface area contributed by atoms with Crippen LogP contribution in [-0.4, -0.2) is 62.8 Å². The first-order chi connectivity index (χ1) is 17.0. The van der Waals surface area contributed by atoms with E-state index >= 15 is 0 Å². The largest absolute Gasteiger partial charge is 0.493 e. The summed E-state index contributed by atoms with van der Waals surface area (Å²) in [6.45, 7) is 11.3. The Balaban J connectivity index is 1.42. The van der Waals surface area contributed by atoms with E-state index < -0.39 is 0 Å². The van der Waals surface area contributed by atoms with Gasteiger partial charge in [-0.25, -0.2) is 0 Å². The molecule has 0 radical (unpaired) electrons. The van der Waals surface area contributed by atoms with Gasteiger partial charge in [0.2, 0.25) is 0 Å². The van der Waals surface area contributed by atoms with E-state index in [1.807, 2.05) is 6.07 Å². The van der Waals surface area contributed by atoms with Crippen molar-refractivity contribution >= 4 is 0 Å². The molecule has 2 atom stereocenters. The summed E-state index contributed by atoms with van der Waals surface area (Å²) in [7, 11) is 3.41. The Morgan fingerprint density at radius 3 is 2.43 bits per heavy atom. The summed E-state index contributed by atoms with van der Waals surface area (Å²) >= 11 is 0. The van der Waals surface area contributed by atoms with Crippen LogP contribution < -0.4 is 14.8 Å². The van der Waals surface area contributed by atoms with Gasteiger partial charge in [-0.1, -0.05) is 44.2 Å². The quantitative estimate of drug-likeness (QED) is 0.592. The number of piperazine rings is 1. The van der Waals surface area contributed by atoms with Gasteiger partial charge in [0.1, 0.15) is 0 Å². The molecule has 35 heavy (non-hydrogen) atoms. The number of piperidine rings is 1. The molecule has 5 heteroatoms. The first-order valence-corrected chi connectivity index (χ1v) is 13.5. The van der Waals surface area contributed by atoms with Crippen LogP contribution in [0.15, 0.2) is 42.5 Å². The molecule has 2 saturated heterocycles. The van der Waals surface area contributed by atoms with Crippen molar-refractivity contribution in [1.29, 1.82) is 0 Å². The number of hydrogen-bond donors (Lipinski definition) is 1. The molecule has 0 amide bonds. The highest BCUT2D eigenvalue weighted by Crippen LogP contribution is 2.53. The summed E-state index contributed by atoms with van der Waals surface area (Å²) in [5.41, 5.74) is 4.86. The zero-order chi connectivity index (χ0) is 24.4. The van der Waals surface area contributed by atoms with E-state index in [0.29, 0.717) is 17.4 Å². The molecule has 2 unspecified atom stereocenters. The van der Waals surface area contributed by atoms with E-state index in [1.54, 1.807) is 14.2 Å². The first-order valence-electron chi connectivity index (χ1n) is 13.5. The molecule has 2 aromatic rings. The van der Waals surface area contributed by atoms with E-state index in [2.05, 4.69) is 65.4 Å². The molecule has 1 aliphatic carbocycles. The second kappa shape index (κ2) is 10.5. The fraction of sp³-hybridized carbons (Fsp3) is 0.600. The van der Waals surface area contributed by atoms with Gasteiger partial charge >= 0.3 is 0 Å². The number of rotatable bonds is 7. The number of nitrogens with one attached hydrogen (secondary N) is 1. The van der Waals surface area contributed by atoms with Crippen molar-refractivity contribution in [2.75, 3.05) is 46.9 Å². The number of nitrogens with zero attached hydrogens (tertiary/aromatic N) is 2. The summed E-state index contributed by atoms with van der Waals surface area (Å²) in [4.78, 5) is 5.56. The fourth-order valence-corrected chi connectivity index (χ4v) is 6.93. The zero-order valence-corrected chi connectivity index (χ0v) is 22.1. The summed E-state index contributed by atoms with van der Waals surface area (Å²) in [5, 5.41) is 3.60. The van der Waals surface area contributed by atoms with E-state index in [0.717, 1.165) is 43.7 Å². The highest BCUT2D eigenvalue weighted by molar-refractivity contribution is 5.43. The molecule has 3 fully saturated rings. The minimum Gasteiger partial charge on any atom is -0.493 e. The predicted molar refractivity (Wildman–Crippen MR) is 142 cm³/mol. The fourth-order valence-electron chi connectivity index (χ4n) is 6.93. The Labute approximate surface area is 211 Å². The molecule has 5 rings (SSSR count). The summed E-state index contributed by atoms with van der Waals surface area (Å²) in [6, 6.07) is 16.7. The maximum absolute atomic E-state index is 5.58. The Morgan fingerprint density at radius 2 is 1.74 bits per heavy atom. The van der Waals surface area contributed by atoms with Crippen LogP contribution in [0.3, 0.4) is 0 Å². The molecule has 2 aliphatic heterocycles. The summed E-state index contributed by atoms with van der Waals surface area (Å²) in [5.74, 6) is 2.14. The lowest BCUT2D eigenvalue weighted by Crippen LogP contribution is -2.63. The standard InChI is InChI=1S/C30H43N3O2/c1-22(2)24-7-5-6-8-25(24)26-21-32(20-23-9-10-27(34-3)28(19-23)35-4)17-18-33(26)29-11-12-30(29)13-15-31-16-14-30/h5-10,19,22,26,29,31H,11-18,20-21H2,1-4H3. The topological polar surface area (TPSA) is 37.0 Å².